The van der Waals surface area contributed by atoms with Crippen LogP contribution in [-0.2, 0) is 4.74 Å². The summed E-state index contributed by atoms with van der Waals surface area (Å²) < 4.78 is 3.66. The molecule has 4 nitrogen and oxygen atoms in total. The normalized spacial score (nSPS) is 18.6. The molecule has 1 unspecified atom stereocenters. The Morgan fingerprint density at radius 2 is 1.80 bits per heavy atom. The zero-order chi connectivity index (χ0) is 14.6. The third-order valence-corrected chi connectivity index (χ3v) is 3.64. The Morgan fingerprint density at radius 1 is 1.20 bits per heavy atom. The summed E-state index contributed by atoms with van der Waals surface area (Å²) in [4.78, 5) is 14.1. The molecule has 0 aliphatic carbocycles. The number of carbonyl (C=O) groups excluding carboxylic acids is 1. The first-order valence-electron chi connectivity index (χ1n) is 6.23. The molecule has 0 bridgehead atoms. The van der Waals surface area contributed by atoms with Crippen LogP contribution in [0.1, 0.15) is 10.4 Å². The van der Waals surface area contributed by atoms with E-state index >= 15 is 0 Å². The number of nitrogens with zero attached hydrogens (tertiary/aromatic N) is 1. The van der Waals surface area contributed by atoms with Gasteiger partial charge in [-0.1, -0.05) is 53.0 Å². The molecule has 0 saturated carbocycles. The van der Waals surface area contributed by atoms with Gasteiger partial charge in [0.05, 0.1) is 13.2 Å². The van der Waals surface area contributed by atoms with E-state index in [0.717, 1.165) is 0 Å². The molecule has 0 spiro atoms. The molecule has 20 heavy (non-hydrogen) atoms. The van der Waals surface area contributed by atoms with E-state index in [1.54, 1.807) is 24.3 Å². The smallest absolute Gasteiger partial charge is 0.252 e. The lowest BCUT2D eigenvalue weighted by molar-refractivity contribution is 0.00996. The van der Waals surface area contributed by atoms with Crippen LogP contribution in [-0.4, -0.2) is 47.1 Å². The molecule has 2 rings (SSSR count). The van der Waals surface area contributed by atoms with Gasteiger partial charge in [-0.05, 0) is 12.1 Å². The van der Waals surface area contributed by atoms with Crippen LogP contribution in [0.4, 0.5) is 0 Å². The minimum atomic E-state index is -1.61. The van der Waals surface area contributed by atoms with Gasteiger partial charge in [-0.2, -0.15) is 0 Å². The highest BCUT2D eigenvalue weighted by Crippen LogP contribution is 2.32. The second kappa shape index (κ2) is 6.96. The predicted molar refractivity (Wildman–Crippen MR) is 80.4 cm³/mol. The van der Waals surface area contributed by atoms with Crippen LogP contribution in [0.2, 0.25) is 0 Å². The molecule has 7 heteroatoms. The third-order valence-electron chi connectivity index (χ3n) is 3.02. The quantitative estimate of drug-likeness (QED) is 0.862. The van der Waals surface area contributed by atoms with Crippen molar-refractivity contribution in [3.8, 4) is 0 Å². The molecule has 1 aliphatic rings. The Labute approximate surface area is 132 Å². The summed E-state index contributed by atoms with van der Waals surface area (Å²) in [6.07, 6.45) is -0.691. The summed E-state index contributed by atoms with van der Waals surface area (Å²) in [5, 5.41) is 2.78. The van der Waals surface area contributed by atoms with E-state index in [1.807, 2.05) is 11.0 Å². The molecule has 1 heterocycles. The largest absolute Gasteiger partial charge is 0.379 e. The fraction of sp³-hybridized carbons (Fsp3) is 0.462. The number of hydrogen-bond acceptors (Lipinski definition) is 3. The second-order valence-electron chi connectivity index (χ2n) is 4.43. The Hall–Kier alpha value is -0.520. The van der Waals surface area contributed by atoms with Gasteiger partial charge in [0.2, 0.25) is 3.79 Å². The summed E-state index contributed by atoms with van der Waals surface area (Å²) in [5.74, 6) is -0.270. The van der Waals surface area contributed by atoms with E-state index in [0.29, 0.717) is 31.9 Å². The maximum Gasteiger partial charge on any atom is 0.252 e. The van der Waals surface area contributed by atoms with E-state index in [2.05, 4.69) is 5.32 Å². The maximum absolute atomic E-state index is 12.2. The van der Waals surface area contributed by atoms with Crippen molar-refractivity contribution in [1.82, 2.24) is 10.2 Å². The number of morpholine rings is 1. The van der Waals surface area contributed by atoms with Crippen LogP contribution < -0.4 is 5.32 Å². The average Bonchev–Trinajstić information content (AvgIpc) is 2.45. The van der Waals surface area contributed by atoms with Gasteiger partial charge in [0, 0.05) is 18.7 Å². The molecule has 1 aromatic carbocycles. The van der Waals surface area contributed by atoms with Crippen molar-refractivity contribution in [2.24, 2.45) is 0 Å². The first kappa shape index (κ1) is 15.9. The van der Waals surface area contributed by atoms with Crippen molar-refractivity contribution in [1.29, 1.82) is 0 Å². The first-order valence-corrected chi connectivity index (χ1v) is 7.36. The summed E-state index contributed by atoms with van der Waals surface area (Å²) in [6, 6.07) is 8.83. The number of ether oxygens (including phenoxy) is 1. The topological polar surface area (TPSA) is 41.6 Å². The summed E-state index contributed by atoms with van der Waals surface area (Å²) in [7, 11) is 0. The van der Waals surface area contributed by atoms with Gasteiger partial charge < -0.3 is 10.1 Å². The number of benzene rings is 1. The zero-order valence-corrected chi connectivity index (χ0v) is 13.0. The van der Waals surface area contributed by atoms with Gasteiger partial charge in [-0.25, -0.2) is 0 Å². The minimum absolute atomic E-state index is 0.270. The molecule has 0 radical (unpaired) electrons. The molecule has 1 N–H and O–H groups in total. The number of halogens is 3. The van der Waals surface area contributed by atoms with Gasteiger partial charge in [0.1, 0.15) is 6.17 Å². The van der Waals surface area contributed by atoms with Crippen molar-refractivity contribution in [3.63, 3.8) is 0 Å². The Morgan fingerprint density at radius 3 is 2.35 bits per heavy atom. The molecule has 110 valence electrons. The standard InChI is InChI=1S/C13H15Cl3N2O2/c14-13(15,16)12(18-6-8-20-9-7-18)17-11(19)10-4-2-1-3-5-10/h1-5,12H,6-9H2,(H,17,19). The monoisotopic (exact) mass is 336 g/mol. The van der Waals surface area contributed by atoms with Gasteiger partial charge in [0.15, 0.2) is 0 Å². The molecule has 1 aliphatic heterocycles. The van der Waals surface area contributed by atoms with Crippen LogP contribution in [0.25, 0.3) is 0 Å². The van der Waals surface area contributed by atoms with Crippen molar-refractivity contribution < 1.29 is 9.53 Å². The van der Waals surface area contributed by atoms with Gasteiger partial charge in [-0.15, -0.1) is 0 Å². The Balaban J connectivity index is 2.10. The fourth-order valence-corrected chi connectivity index (χ4v) is 2.59. The lowest BCUT2D eigenvalue weighted by Crippen LogP contribution is -2.58. The molecule has 0 aromatic heterocycles. The molecule has 1 saturated heterocycles. The molecular formula is C13H15Cl3N2O2. The van der Waals surface area contributed by atoms with Crippen LogP contribution in [0.3, 0.4) is 0 Å². The molecule has 1 amide bonds. The van der Waals surface area contributed by atoms with Crippen molar-refractivity contribution in [3.05, 3.63) is 35.9 Å². The van der Waals surface area contributed by atoms with Crippen molar-refractivity contribution in [2.45, 2.75) is 9.96 Å². The van der Waals surface area contributed by atoms with E-state index < -0.39 is 9.96 Å². The number of hydrogen-bond donors (Lipinski definition) is 1. The average molecular weight is 338 g/mol. The molecule has 1 aromatic rings. The van der Waals surface area contributed by atoms with Crippen LogP contribution >= 0.6 is 34.8 Å². The number of alkyl halides is 3. The Bertz CT molecular complexity index is 445. The van der Waals surface area contributed by atoms with Gasteiger partial charge >= 0.3 is 0 Å². The number of carbonyl (C=O) groups is 1. The fourth-order valence-electron chi connectivity index (χ4n) is 2.01. The number of amides is 1. The highest BCUT2D eigenvalue weighted by Gasteiger charge is 2.39. The number of rotatable bonds is 3. The van der Waals surface area contributed by atoms with Crippen molar-refractivity contribution >= 4 is 40.7 Å². The second-order valence-corrected chi connectivity index (χ2v) is 6.80. The van der Waals surface area contributed by atoms with E-state index in [4.69, 9.17) is 39.5 Å². The SMILES string of the molecule is O=C(NC(N1CCOCC1)C(Cl)(Cl)Cl)c1ccccc1. The zero-order valence-electron chi connectivity index (χ0n) is 10.7. The minimum Gasteiger partial charge on any atom is -0.379 e. The van der Waals surface area contributed by atoms with Crippen molar-refractivity contribution in [2.75, 3.05) is 26.3 Å². The van der Waals surface area contributed by atoms with Gasteiger partial charge in [-0.3, -0.25) is 9.69 Å². The molecular weight excluding hydrogens is 323 g/mol. The predicted octanol–water partition coefficient (Wildman–Crippen LogP) is 2.44. The van der Waals surface area contributed by atoms with E-state index in [-0.39, 0.29) is 5.91 Å². The lowest BCUT2D eigenvalue weighted by Gasteiger charge is -2.38. The van der Waals surface area contributed by atoms with E-state index in [9.17, 15) is 4.79 Å². The van der Waals surface area contributed by atoms with Crippen LogP contribution in [0.5, 0.6) is 0 Å². The first-order chi connectivity index (χ1) is 9.48. The molecule has 1 atom stereocenters. The highest BCUT2D eigenvalue weighted by molar-refractivity contribution is 6.68. The Kier molecular flexibility index (Phi) is 5.52. The maximum atomic E-state index is 12.2. The van der Waals surface area contributed by atoms with Gasteiger partial charge in [0.25, 0.3) is 5.91 Å². The van der Waals surface area contributed by atoms with Crippen LogP contribution in [0.15, 0.2) is 30.3 Å². The summed E-state index contributed by atoms with van der Waals surface area (Å²) >= 11 is 18.0. The third kappa shape index (κ3) is 4.24. The number of nitrogens with one attached hydrogen (secondary N) is 1. The lowest BCUT2D eigenvalue weighted by atomic mass is 10.2. The highest BCUT2D eigenvalue weighted by atomic mass is 35.6. The van der Waals surface area contributed by atoms with E-state index in [1.165, 1.54) is 0 Å². The summed E-state index contributed by atoms with van der Waals surface area (Å²) in [6.45, 7) is 2.32. The summed E-state index contributed by atoms with van der Waals surface area (Å²) in [5.41, 5.74) is 0.528. The van der Waals surface area contributed by atoms with Crippen LogP contribution in [0, 0.1) is 0 Å². The molecule has 1 fully saturated rings.